The average molecular weight is 551 g/mol. The van der Waals surface area contributed by atoms with Crippen LogP contribution in [0.2, 0.25) is 0 Å². The Hall–Kier alpha value is -3.01. The lowest BCUT2D eigenvalue weighted by Crippen LogP contribution is -2.53. The van der Waals surface area contributed by atoms with E-state index in [4.69, 9.17) is 9.47 Å². The van der Waals surface area contributed by atoms with Crippen LogP contribution in [0, 0.1) is 19.8 Å². The van der Waals surface area contributed by atoms with Gasteiger partial charge in [0.15, 0.2) is 0 Å². The number of ether oxygens (including phenoxy) is 2. The first kappa shape index (κ1) is 27.6. The fraction of sp³-hybridized carbons (Fsp3) is 0.467. The summed E-state index contributed by atoms with van der Waals surface area (Å²) in [6.07, 6.45) is 3.07. The summed E-state index contributed by atoms with van der Waals surface area (Å²) in [7, 11) is -2.16. The largest absolute Gasteiger partial charge is 0.476 e. The maximum absolute atomic E-state index is 13.5. The van der Waals surface area contributed by atoms with E-state index in [-0.39, 0.29) is 23.0 Å². The number of rotatable bonds is 5. The van der Waals surface area contributed by atoms with Crippen LogP contribution in [-0.2, 0) is 21.3 Å². The van der Waals surface area contributed by atoms with Crippen molar-refractivity contribution in [2.45, 2.75) is 76.6 Å². The molecule has 2 heterocycles. The van der Waals surface area contributed by atoms with Gasteiger partial charge in [-0.1, -0.05) is 44.2 Å². The Morgan fingerprint density at radius 2 is 1.79 bits per heavy atom. The molecule has 4 bridgehead atoms. The van der Waals surface area contributed by atoms with E-state index >= 15 is 0 Å². The number of nitrogens with one attached hydrogen (secondary N) is 1. The lowest BCUT2D eigenvalue weighted by atomic mass is 9.85. The molecule has 1 aromatic heterocycles. The standard InChI is InChI=1S/C30H38N4O4S/c1-19(2)12-24-18-38-28-16-27(29-20(3)8-6-9-21(29)4)31-30(32-28)33-39(35,36)26-11-7-10-22(13-26)17-34(24)23-14-25(15-23)37-5/h6-11,13,16,19,23-25H,12,14-15,17-18H2,1-5H3,(H,31,32,33)/t23?,24-,25?/m1/s1. The second-order valence-corrected chi connectivity index (χ2v) is 12.9. The van der Waals surface area contributed by atoms with Crippen molar-refractivity contribution < 1.29 is 17.9 Å². The zero-order valence-electron chi connectivity index (χ0n) is 23.3. The number of nitrogens with zero attached hydrogens (tertiary/aromatic N) is 3. The monoisotopic (exact) mass is 550 g/mol. The lowest BCUT2D eigenvalue weighted by Gasteiger charge is -2.46. The number of methoxy groups -OCH3 is 1. The number of aryl methyl sites for hydroxylation is 2. The van der Waals surface area contributed by atoms with Gasteiger partial charge in [-0.25, -0.2) is 18.1 Å². The number of hydrogen-bond donors (Lipinski definition) is 1. The molecule has 2 aromatic carbocycles. The van der Waals surface area contributed by atoms with E-state index in [1.54, 1.807) is 25.3 Å². The van der Waals surface area contributed by atoms with Crippen LogP contribution < -0.4 is 9.46 Å². The van der Waals surface area contributed by atoms with Gasteiger partial charge in [0.2, 0.25) is 11.8 Å². The van der Waals surface area contributed by atoms with Gasteiger partial charge in [-0.05, 0) is 67.9 Å². The Kier molecular flexibility index (Phi) is 7.94. The summed E-state index contributed by atoms with van der Waals surface area (Å²) in [5, 5.41) is 0. The van der Waals surface area contributed by atoms with E-state index in [2.05, 4.69) is 33.4 Å². The molecule has 0 amide bonds. The normalized spacial score (nSPS) is 23.0. The van der Waals surface area contributed by atoms with E-state index in [1.807, 2.05) is 44.2 Å². The molecule has 8 nitrogen and oxygen atoms in total. The molecule has 0 spiro atoms. The van der Waals surface area contributed by atoms with E-state index in [9.17, 15) is 8.42 Å². The maximum atomic E-state index is 13.5. The van der Waals surface area contributed by atoms with Crippen molar-refractivity contribution in [2.24, 2.45) is 5.92 Å². The highest BCUT2D eigenvalue weighted by Gasteiger charge is 2.38. The SMILES string of the molecule is COC1CC(N2Cc3cccc(c3)S(=O)(=O)Nc3nc(cc(-c4c(C)cccc4C)n3)OC[C@H]2CC(C)C)C1. The van der Waals surface area contributed by atoms with E-state index in [0.29, 0.717) is 36.7 Å². The van der Waals surface area contributed by atoms with Crippen LogP contribution in [0.15, 0.2) is 53.4 Å². The Bertz CT molecular complexity index is 1420. The maximum Gasteiger partial charge on any atom is 0.264 e. The van der Waals surface area contributed by atoms with E-state index < -0.39 is 10.0 Å². The first-order valence-corrected chi connectivity index (χ1v) is 15.1. The molecule has 1 N–H and O–H groups in total. The molecule has 5 rings (SSSR count). The minimum absolute atomic E-state index is 0.00556. The van der Waals surface area contributed by atoms with Gasteiger partial charge < -0.3 is 9.47 Å². The summed E-state index contributed by atoms with van der Waals surface area (Å²) >= 11 is 0. The van der Waals surface area contributed by atoms with Crippen LogP contribution >= 0.6 is 0 Å². The van der Waals surface area contributed by atoms with Crippen molar-refractivity contribution in [1.29, 1.82) is 0 Å². The fourth-order valence-corrected chi connectivity index (χ4v) is 6.69. The average Bonchev–Trinajstić information content (AvgIpc) is 2.85. The van der Waals surface area contributed by atoms with Gasteiger partial charge in [-0.15, -0.1) is 0 Å². The molecule has 0 saturated heterocycles. The number of anilines is 1. The van der Waals surface area contributed by atoms with Gasteiger partial charge in [-0.3, -0.25) is 4.90 Å². The third-order valence-electron chi connectivity index (χ3n) is 7.75. The highest BCUT2D eigenvalue weighted by atomic mass is 32.2. The number of fused-ring (bicyclic) bond motifs is 4. The molecule has 39 heavy (non-hydrogen) atoms. The number of sulfonamides is 1. The van der Waals surface area contributed by atoms with E-state index in [1.165, 1.54) is 0 Å². The first-order chi connectivity index (χ1) is 18.6. The lowest BCUT2D eigenvalue weighted by molar-refractivity contribution is -0.0538. The van der Waals surface area contributed by atoms with Crippen molar-refractivity contribution in [3.63, 3.8) is 0 Å². The van der Waals surface area contributed by atoms with Gasteiger partial charge in [0, 0.05) is 37.4 Å². The molecule has 1 aliphatic carbocycles. The van der Waals surface area contributed by atoms with Crippen LogP contribution in [0.4, 0.5) is 5.95 Å². The molecule has 208 valence electrons. The third kappa shape index (κ3) is 6.10. The topological polar surface area (TPSA) is 93.7 Å². The van der Waals surface area contributed by atoms with Gasteiger partial charge in [0.1, 0.15) is 6.61 Å². The number of benzene rings is 2. The van der Waals surface area contributed by atoms with Crippen molar-refractivity contribution in [3.05, 3.63) is 65.2 Å². The minimum Gasteiger partial charge on any atom is -0.476 e. The summed E-state index contributed by atoms with van der Waals surface area (Å²) in [5.41, 5.74) is 4.59. The van der Waals surface area contributed by atoms with Gasteiger partial charge in [0.05, 0.1) is 16.7 Å². The number of aromatic nitrogens is 2. The predicted molar refractivity (Wildman–Crippen MR) is 152 cm³/mol. The summed E-state index contributed by atoms with van der Waals surface area (Å²) in [6.45, 7) is 9.54. The molecule has 1 atom stereocenters. The highest BCUT2D eigenvalue weighted by molar-refractivity contribution is 7.92. The van der Waals surface area contributed by atoms with Gasteiger partial charge in [-0.2, -0.15) is 4.98 Å². The Morgan fingerprint density at radius 1 is 1.08 bits per heavy atom. The van der Waals surface area contributed by atoms with Crippen LogP contribution in [0.1, 0.15) is 49.8 Å². The number of hydrogen-bond acceptors (Lipinski definition) is 7. The molecule has 0 radical (unpaired) electrons. The Morgan fingerprint density at radius 3 is 2.49 bits per heavy atom. The molecular weight excluding hydrogens is 512 g/mol. The predicted octanol–water partition coefficient (Wildman–Crippen LogP) is 5.35. The second kappa shape index (κ2) is 11.2. The molecule has 2 aliphatic rings. The van der Waals surface area contributed by atoms with Gasteiger partial charge >= 0.3 is 0 Å². The second-order valence-electron chi connectivity index (χ2n) is 11.2. The fourth-order valence-electron chi connectivity index (χ4n) is 5.67. The third-order valence-corrected chi connectivity index (χ3v) is 9.07. The van der Waals surface area contributed by atoms with Crippen LogP contribution in [-0.4, -0.2) is 55.2 Å². The van der Waals surface area contributed by atoms with Crippen LogP contribution in [0.5, 0.6) is 5.88 Å². The minimum atomic E-state index is -3.92. The van der Waals surface area contributed by atoms with Crippen molar-refractivity contribution in [3.8, 4) is 17.1 Å². The van der Waals surface area contributed by atoms with Crippen molar-refractivity contribution in [2.75, 3.05) is 18.4 Å². The zero-order chi connectivity index (χ0) is 27.7. The van der Waals surface area contributed by atoms with Crippen LogP contribution in [0.25, 0.3) is 11.3 Å². The zero-order valence-corrected chi connectivity index (χ0v) is 24.2. The van der Waals surface area contributed by atoms with Crippen molar-refractivity contribution >= 4 is 16.0 Å². The molecule has 3 aromatic rings. The Balaban J connectivity index is 1.61. The summed E-state index contributed by atoms with van der Waals surface area (Å²) in [5.74, 6) is 0.798. The molecule has 9 heteroatoms. The van der Waals surface area contributed by atoms with E-state index in [0.717, 1.165) is 41.5 Å². The van der Waals surface area contributed by atoms with Crippen LogP contribution in [0.3, 0.4) is 0 Å². The van der Waals surface area contributed by atoms with Crippen molar-refractivity contribution in [1.82, 2.24) is 14.9 Å². The summed E-state index contributed by atoms with van der Waals surface area (Å²) < 4.78 is 41.5. The molecule has 1 aliphatic heterocycles. The van der Waals surface area contributed by atoms with Gasteiger partial charge in [0.25, 0.3) is 10.0 Å². The quantitative estimate of drug-likeness (QED) is 0.458. The smallest absolute Gasteiger partial charge is 0.264 e. The summed E-state index contributed by atoms with van der Waals surface area (Å²) in [6, 6.07) is 15.4. The molecular formula is C30H38N4O4S. The summed E-state index contributed by atoms with van der Waals surface area (Å²) in [4.78, 5) is 11.8. The molecule has 1 fully saturated rings. The molecule has 1 saturated carbocycles. The molecule has 0 unspecified atom stereocenters. The highest BCUT2D eigenvalue weighted by Crippen LogP contribution is 2.34. The first-order valence-electron chi connectivity index (χ1n) is 13.6. The Labute approximate surface area is 231 Å².